The minimum atomic E-state index is -4.02. The van der Waals surface area contributed by atoms with E-state index in [-0.39, 0.29) is 5.75 Å². The zero-order chi connectivity index (χ0) is 25.2. The number of hydrogen-bond acceptors (Lipinski definition) is 5. The molecule has 2 heterocycles. The van der Waals surface area contributed by atoms with Crippen LogP contribution in [0.25, 0.3) is 27.1 Å². The van der Waals surface area contributed by atoms with Gasteiger partial charge in [-0.25, -0.2) is 0 Å². The van der Waals surface area contributed by atoms with E-state index in [4.69, 9.17) is 4.74 Å². The Morgan fingerprint density at radius 1 is 1.17 bits per heavy atom. The van der Waals surface area contributed by atoms with E-state index in [2.05, 4.69) is 69.7 Å². The van der Waals surface area contributed by atoms with E-state index in [1.807, 2.05) is 36.4 Å². The van der Waals surface area contributed by atoms with Gasteiger partial charge in [0.25, 0.3) is 15.1 Å². The van der Waals surface area contributed by atoms with Crippen molar-refractivity contribution in [3.63, 3.8) is 0 Å². The van der Waals surface area contributed by atoms with Crippen molar-refractivity contribution in [1.82, 2.24) is 0 Å². The highest BCUT2D eigenvalue weighted by Crippen LogP contribution is 2.41. The quantitative estimate of drug-likeness (QED) is 0.164. The Hall–Kier alpha value is -2.72. The number of nitrogens with zero attached hydrogens (tertiary/aromatic N) is 2. The first-order valence-electron chi connectivity index (χ1n) is 11.1. The number of aromatic nitrogens is 1. The molecule has 0 fully saturated rings. The van der Waals surface area contributed by atoms with E-state index in [9.17, 15) is 13.0 Å². The fourth-order valence-corrected chi connectivity index (χ4v) is 6.20. The number of hydrogen-bond donors (Lipinski definition) is 1. The van der Waals surface area contributed by atoms with Crippen LogP contribution in [0.1, 0.15) is 18.4 Å². The highest BCUT2D eigenvalue weighted by molar-refractivity contribution is 9.10. The fraction of sp³-hybridized carbons (Fsp3) is 0.192. The van der Waals surface area contributed by atoms with Gasteiger partial charge in [-0.15, -0.1) is 13.2 Å². The number of halogens is 1. The minimum absolute atomic E-state index is 0.283. The van der Waals surface area contributed by atoms with Gasteiger partial charge in [-0.2, -0.15) is 13.0 Å². The number of thiazole rings is 1. The Bertz CT molecular complexity index is 1530. The molecule has 0 amide bonds. The van der Waals surface area contributed by atoms with Gasteiger partial charge in [-0.05, 0) is 42.6 Å². The van der Waals surface area contributed by atoms with Crippen molar-refractivity contribution in [1.29, 1.82) is 0 Å². The zero-order valence-electron chi connectivity index (χ0n) is 19.3. The molecule has 1 N–H and O–H groups in total. The summed E-state index contributed by atoms with van der Waals surface area (Å²) in [6.45, 7) is 9.27. The van der Waals surface area contributed by atoms with Crippen LogP contribution in [0.4, 0.5) is 5.69 Å². The third-order valence-electron chi connectivity index (χ3n) is 5.65. The predicted molar refractivity (Wildman–Crippen MR) is 148 cm³/mol. The second-order valence-corrected chi connectivity index (χ2v) is 11.4. The lowest BCUT2D eigenvalue weighted by Crippen LogP contribution is -2.36. The highest BCUT2D eigenvalue weighted by Gasteiger charge is 2.29. The van der Waals surface area contributed by atoms with Crippen LogP contribution in [0.2, 0.25) is 0 Å². The molecule has 5 rings (SSSR count). The maximum atomic E-state index is 11.3. The van der Waals surface area contributed by atoms with Crippen molar-refractivity contribution in [2.24, 2.45) is 0 Å². The topological polar surface area (TPSA) is 70.7 Å². The normalized spacial score (nSPS) is 14.1. The smallest absolute Gasteiger partial charge is 0.268 e. The van der Waals surface area contributed by atoms with Crippen LogP contribution in [0.3, 0.4) is 0 Å². The van der Waals surface area contributed by atoms with Gasteiger partial charge in [-0.3, -0.25) is 4.55 Å². The number of anilines is 1. The third-order valence-corrected chi connectivity index (χ3v) is 8.05. The van der Waals surface area contributed by atoms with Gasteiger partial charge in [0.1, 0.15) is 4.70 Å². The number of ether oxygens (including phenoxy) is 1. The second-order valence-electron chi connectivity index (χ2n) is 7.81. The molecular formula is C26H26BrN2O4S2+. The SMILES string of the molecule is C=C.CCN1C(=Cc2sc3ccc4ccccc4c3[n+]2CCCS(=O)(=O)O)Oc2ccc(Br)cc21. The zero-order valence-corrected chi connectivity index (χ0v) is 22.5. The molecule has 4 aromatic rings. The number of aryl methyl sites for hydroxylation is 1. The van der Waals surface area contributed by atoms with Crippen LogP contribution < -0.4 is 14.2 Å². The Labute approximate surface area is 217 Å². The van der Waals surface area contributed by atoms with Gasteiger partial charge in [0.05, 0.1) is 22.9 Å². The van der Waals surface area contributed by atoms with E-state index in [0.717, 1.165) is 54.3 Å². The van der Waals surface area contributed by atoms with Crippen molar-refractivity contribution < 1.29 is 22.3 Å². The molecule has 0 saturated carbocycles. The minimum Gasteiger partial charge on any atom is -0.438 e. The van der Waals surface area contributed by atoms with Crippen LogP contribution in [-0.2, 0) is 16.7 Å². The number of fused-ring (bicyclic) bond motifs is 4. The molecule has 1 aliphatic rings. The standard InChI is InChI=1S/C24H21BrN2O4S2.C2H4/c1-2-26-19-14-17(25)9-10-20(19)31-22(26)15-23-27(12-5-13-33(28,29)30)24-18-7-4-3-6-16(18)8-11-21(24)32-23;1-2/h3-4,6-11,14-15H,2,5,12-13H2,1H3;1-2H2/p+1. The molecule has 0 aliphatic carbocycles. The third kappa shape index (κ3) is 5.28. The van der Waals surface area contributed by atoms with Crippen molar-refractivity contribution in [2.45, 2.75) is 19.9 Å². The average Bonchev–Trinajstić information content (AvgIpc) is 3.36. The van der Waals surface area contributed by atoms with Gasteiger partial charge in [0.15, 0.2) is 12.3 Å². The Morgan fingerprint density at radius 3 is 2.69 bits per heavy atom. The lowest BCUT2D eigenvalue weighted by Gasteiger charge is -2.15. The molecule has 0 unspecified atom stereocenters. The summed E-state index contributed by atoms with van der Waals surface area (Å²) >= 11 is 5.17. The van der Waals surface area contributed by atoms with E-state index in [0.29, 0.717) is 13.0 Å². The van der Waals surface area contributed by atoms with Gasteiger partial charge < -0.3 is 9.64 Å². The molecule has 1 aliphatic heterocycles. The molecule has 0 spiro atoms. The van der Waals surface area contributed by atoms with Crippen LogP contribution >= 0.6 is 27.3 Å². The van der Waals surface area contributed by atoms with E-state index >= 15 is 0 Å². The van der Waals surface area contributed by atoms with Crippen molar-refractivity contribution >= 4 is 70.1 Å². The first-order valence-corrected chi connectivity index (χ1v) is 14.3. The lowest BCUT2D eigenvalue weighted by atomic mass is 10.1. The number of benzene rings is 3. The summed E-state index contributed by atoms with van der Waals surface area (Å²) in [6.07, 6.45) is 2.32. The maximum absolute atomic E-state index is 11.3. The van der Waals surface area contributed by atoms with Gasteiger partial charge in [-0.1, -0.05) is 51.5 Å². The van der Waals surface area contributed by atoms with E-state index in [1.165, 1.54) is 0 Å². The van der Waals surface area contributed by atoms with Crippen LogP contribution in [-0.4, -0.2) is 25.3 Å². The highest BCUT2D eigenvalue weighted by atomic mass is 79.9. The summed E-state index contributed by atoms with van der Waals surface area (Å²) in [5, 5.41) is 3.18. The van der Waals surface area contributed by atoms with Crippen molar-refractivity contribution in [3.8, 4) is 5.75 Å². The Balaban J connectivity index is 0.00000141. The van der Waals surface area contributed by atoms with Gasteiger partial charge in [0.2, 0.25) is 11.4 Å². The summed E-state index contributed by atoms with van der Waals surface area (Å²) in [4.78, 5) is 2.12. The molecule has 0 atom stereocenters. The van der Waals surface area contributed by atoms with Gasteiger partial charge in [0, 0.05) is 17.4 Å². The summed E-state index contributed by atoms with van der Waals surface area (Å²) in [5.41, 5.74) is 2.06. The Kier molecular flexibility index (Phi) is 7.61. The number of rotatable bonds is 6. The van der Waals surface area contributed by atoms with E-state index in [1.54, 1.807) is 11.3 Å². The molecule has 0 bridgehead atoms. The fourth-order valence-electron chi connectivity index (χ4n) is 4.22. The molecule has 1 aromatic heterocycles. The summed E-state index contributed by atoms with van der Waals surface area (Å²) in [5.74, 6) is 1.25. The summed E-state index contributed by atoms with van der Waals surface area (Å²) in [6, 6.07) is 18.3. The van der Waals surface area contributed by atoms with E-state index < -0.39 is 10.1 Å². The molecule has 6 nitrogen and oxygen atoms in total. The molecular weight excluding hydrogens is 548 g/mol. The molecule has 0 radical (unpaired) electrons. The first kappa shape index (κ1) is 25.4. The summed E-state index contributed by atoms with van der Waals surface area (Å²) < 4.78 is 42.3. The van der Waals surface area contributed by atoms with Crippen LogP contribution in [0, 0.1) is 0 Å². The van der Waals surface area contributed by atoms with Crippen LogP contribution in [0.5, 0.6) is 5.75 Å². The second kappa shape index (κ2) is 10.5. The summed E-state index contributed by atoms with van der Waals surface area (Å²) in [7, 11) is -4.02. The molecule has 35 heavy (non-hydrogen) atoms. The molecule has 3 aromatic carbocycles. The van der Waals surface area contributed by atoms with Crippen molar-refractivity contribution in [2.75, 3.05) is 17.2 Å². The van der Waals surface area contributed by atoms with Gasteiger partial charge >= 0.3 is 0 Å². The Morgan fingerprint density at radius 2 is 1.94 bits per heavy atom. The largest absolute Gasteiger partial charge is 0.438 e. The molecule has 9 heteroatoms. The lowest BCUT2D eigenvalue weighted by molar-refractivity contribution is -0.667. The first-order chi connectivity index (χ1) is 16.8. The average molecular weight is 575 g/mol. The maximum Gasteiger partial charge on any atom is 0.268 e. The van der Waals surface area contributed by atoms with Crippen molar-refractivity contribution in [3.05, 3.63) is 83.1 Å². The molecule has 0 saturated heterocycles. The molecule has 182 valence electrons. The van der Waals surface area contributed by atoms with Crippen LogP contribution in [0.15, 0.2) is 78.1 Å². The predicted octanol–water partition coefficient (Wildman–Crippen LogP) is 6.40. The monoisotopic (exact) mass is 573 g/mol.